The number of nitrogens with one attached hydrogen (secondary N) is 1. The van der Waals surface area contributed by atoms with Gasteiger partial charge in [0, 0.05) is 24.0 Å². The summed E-state index contributed by atoms with van der Waals surface area (Å²) in [4.78, 5) is 15.6. The van der Waals surface area contributed by atoms with E-state index in [-0.39, 0.29) is 10.8 Å². The molecule has 0 saturated carbocycles. The Morgan fingerprint density at radius 2 is 1.94 bits per heavy atom. The molecule has 0 spiro atoms. The zero-order valence-corrected chi connectivity index (χ0v) is 20.5. The highest BCUT2D eigenvalue weighted by Crippen LogP contribution is 2.28. The van der Waals surface area contributed by atoms with Crippen molar-refractivity contribution in [3.05, 3.63) is 53.1 Å². The maximum Gasteiger partial charge on any atom is 0.255 e. The smallest absolute Gasteiger partial charge is 0.255 e. The highest BCUT2D eigenvalue weighted by atomic mass is 32.2. The average Bonchev–Trinajstić information content (AvgIpc) is 2.82. The van der Waals surface area contributed by atoms with Crippen LogP contribution in [0.3, 0.4) is 0 Å². The molecule has 2 aromatic carbocycles. The highest BCUT2D eigenvalue weighted by molar-refractivity contribution is 7.98. The first-order chi connectivity index (χ1) is 15.3. The molecule has 1 aliphatic heterocycles. The van der Waals surface area contributed by atoms with Gasteiger partial charge in [-0.25, -0.2) is 13.1 Å². The lowest BCUT2D eigenvalue weighted by Gasteiger charge is -2.27. The number of carbonyl (C=O) groups is 1. The van der Waals surface area contributed by atoms with E-state index in [0.717, 1.165) is 21.8 Å². The Labute approximate surface area is 194 Å². The Kier molecular flexibility index (Phi) is 8.21. The second-order valence-corrected chi connectivity index (χ2v) is 10.1. The van der Waals surface area contributed by atoms with Crippen LogP contribution in [-0.2, 0) is 14.8 Å². The first-order valence-electron chi connectivity index (χ1n) is 10.5. The molecule has 1 atom stereocenters. The van der Waals surface area contributed by atoms with Crippen molar-refractivity contribution in [2.75, 3.05) is 39.7 Å². The minimum Gasteiger partial charge on any atom is -0.496 e. The van der Waals surface area contributed by atoms with Gasteiger partial charge in [0.05, 0.1) is 30.8 Å². The first kappa shape index (κ1) is 24.6. The van der Waals surface area contributed by atoms with Crippen LogP contribution in [0.25, 0.3) is 0 Å². The van der Waals surface area contributed by atoms with Crippen molar-refractivity contribution in [3.63, 3.8) is 0 Å². The molecule has 1 N–H and O–H groups in total. The number of carbonyl (C=O) groups excluding carboxylic acids is 1. The van der Waals surface area contributed by atoms with Gasteiger partial charge in [-0.3, -0.25) is 4.79 Å². The number of hydrogen-bond acceptors (Lipinski definition) is 6. The Hall–Kier alpha value is -2.07. The third-order valence-corrected chi connectivity index (χ3v) is 7.80. The SMILES string of the molecule is CC[C@@H](NS(=O)(=O)c1ccc(SC)c(C(=O)N2CCOCC2)c1)c1ccc(OC)c(C)c1. The number of sulfonamides is 1. The topological polar surface area (TPSA) is 84.9 Å². The summed E-state index contributed by atoms with van der Waals surface area (Å²) in [5, 5.41) is 0. The van der Waals surface area contributed by atoms with Crippen molar-refractivity contribution in [2.24, 2.45) is 0 Å². The molecule has 1 amide bonds. The number of nitrogens with zero attached hydrogens (tertiary/aromatic N) is 1. The lowest BCUT2D eigenvalue weighted by Crippen LogP contribution is -2.41. The normalized spacial score (nSPS) is 15.4. The van der Waals surface area contributed by atoms with Crippen molar-refractivity contribution in [3.8, 4) is 5.75 Å². The van der Waals surface area contributed by atoms with Gasteiger partial charge in [-0.2, -0.15) is 0 Å². The predicted molar refractivity (Wildman–Crippen MR) is 126 cm³/mol. The molecule has 0 radical (unpaired) electrons. The molecule has 0 unspecified atom stereocenters. The van der Waals surface area contributed by atoms with E-state index in [1.54, 1.807) is 24.1 Å². The maximum atomic E-state index is 13.2. The molecule has 32 heavy (non-hydrogen) atoms. The highest BCUT2D eigenvalue weighted by Gasteiger charge is 2.26. The fraction of sp³-hybridized carbons (Fsp3) is 0.435. The number of aryl methyl sites for hydroxylation is 1. The molecule has 1 heterocycles. The summed E-state index contributed by atoms with van der Waals surface area (Å²) in [6, 6.07) is 9.98. The van der Waals surface area contributed by atoms with E-state index < -0.39 is 16.1 Å². The molecule has 1 saturated heterocycles. The van der Waals surface area contributed by atoms with E-state index in [9.17, 15) is 13.2 Å². The van der Waals surface area contributed by atoms with Gasteiger partial charge in [0.15, 0.2) is 0 Å². The van der Waals surface area contributed by atoms with Gasteiger partial charge in [-0.05, 0) is 55.0 Å². The van der Waals surface area contributed by atoms with Crippen molar-refractivity contribution < 1.29 is 22.7 Å². The number of amides is 1. The minimum atomic E-state index is -3.85. The number of hydrogen-bond donors (Lipinski definition) is 1. The molecule has 3 rings (SSSR count). The van der Waals surface area contributed by atoms with Crippen molar-refractivity contribution in [2.45, 2.75) is 36.1 Å². The van der Waals surface area contributed by atoms with E-state index in [0.29, 0.717) is 38.3 Å². The van der Waals surface area contributed by atoms with Crippen LogP contribution in [0.2, 0.25) is 0 Å². The Morgan fingerprint density at radius 1 is 1.22 bits per heavy atom. The Morgan fingerprint density at radius 3 is 2.53 bits per heavy atom. The Balaban J connectivity index is 1.90. The summed E-state index contributed by atoms with van der Waals surface area (Å²) in [6.07, 6.45) is 2.45. The number of ether oxygens (including phenoxy) is 2. The van der Waals surface area contributed by atoms with Crippen LogP contribution in [-0.4, -0.2) is 58.9 Å². The van der Waals surface area contributed by atoms with Crippen molar-refractivity contribution >= 4 is 27.7 Å². The molecule has 174 valence electrons. The third kappa shape index (κ3) is 5.46. The zero-order valence-electron chi connectivity index (χ0n) is 18.9. The zero-order chi connectivity index (χ0) is 23.3. The van der Waals surface area contributed by atoms with E-state index in [1.807, 2.05) is 38.3 Å². The quantitative estimate of drug-likeness (QED) is 0.584. The summed E-state index contributed by atoms with van der Waals surface area (Å²) in [5.41, 5.74) is 2.20. The van der Waals surface area contributed by atoms with E-state index >= 15 is 0 Å². The fourth-order valence-corrected chi connectivity index (χ4v) is 5.62. The van der Waals surface area contributed by atoms with Gasteiger partial charge in [0.25, 0.3) is 5.91 Å². The lowest BCUT2D eigenvalue weighted by atomic mass is 10.0. The van der Waals surface area contributed by atoms with Crippen LogP contribution in [0.15, 0.2) is 46.2 Å². The number of thioether (sulfide) groups is 1. The maximum absolute atomic E-state index is 13.2. The molecule has 0 aromatic heterocycles. The van der Waals surface area contributed by atoms with Gasteiger partial charge < -0.3 is 14.4 Å². The van der Waals surface area contributed by atoms with E-state index in [2.05, 4.69) is 4.72 Å². The molecule has 0 bridgehead atoms. The van der Waals surface area contributed by atoms with Crippen LogP contribution in [0, 0.1) is 6.92 Å². The van der Waals surface area contributed by atoms with Gasteiger partial charge in [-0.1, -0.05) is 19.1 Å². The predicted octanol–water partition coefficient (Wildman–Crippen LogP) is 3.63. The monoisotopic (exact) mass is 478 g/mol. The summed E-state index contributed by atoms with van der Waals surface area (Å²) in [6.45, 7) is 5.82. The number of morpholine rings is 1. The largest absolute Gasteiger partial charge is 0.496 e. The van der Waals surface area contributed by atoms with Crippen LogP contribution in [0.4, 0.5) is 0 Å². The average molecular weight is 479 g/mol. The van der Waals surface area contributed by atoms with Crippen LogP contribution in [0.1, 0.15) is 40.9 Å². The second-order valence-electron chi connectivity index (χ2n) is 7.58. The summed E-state index contributed by atoms with van der Waals surface area (Å²) < 4.78 is 39.9. The van der Waals surface area contributed by atoms with E-state index in [1.165, 1.54) is 17.8 Å². The van der Waals surface area contributed by atoms with Gasteiger partial charge in [0.1, 0.15) is 5.75 Å². The van der Waals surface area contributed by atoms with Crippen LogP contribution < -0.4 is 9.46 Å². The molecule has 2 aromatic rings. The van der Waals surface area contributed by atoms with Crippen molar-refractivity contribution in [1.82, 2.24) is 9.62 Å². The Bertz CT molecular complexity index is 1070. The summed E-state index contributed by atoms with van der Waals surface area (Å²) in [7, 11) is -2.24. The van der Waals surface area contributed by atoms with Crippen molar-refractivity contribution in [1.29, 1.82) is 0 Å². The van der Waals surface area contributed by atoms with Gasteiger partial charge in [-0.15, -0.1) is 11.8 Å². The van der Waals surface area contributed by atoms with Gasteiger partial charge >= 0.3 is 0 Å². The van der Waals surface area contributed by atoms with Crippen LogP contribution in [0.5, 0.6) is 5.75 Å². The molecular weight excluding hydrogens is 448 g/mol. The summed E-state index contributed by atoms with van der Waals surface area (Å²) in [5.74, 6) is 0.581. The van der Waals surface area contributed by atoms with E-state index in [4.69, 9.17) is 9.47 Å². The fourth-order valence-electron chi connectivity index (χ4n) is 3.72. The molecule has 0 aliphatic carbocycles. The number of benzene rings is 2. The lowest BCUT2D eigenvalue weighted by molar-refractivity contribution is 0.0300. The van der Waals surface area contributed by atoms with Crippen LogP contribution >= 0.6 is 11.8 Å². The molecule has 9 heteroatoms. The molecular formula is C23H30N2O5S2. The second kappa shape index (κ2) is 10.7. The number of rotatable bonds is 8. The number of methoxy groups -OCH3 is 1. The first-order valence-corrected chi connectivity index (χ1v) is 13.2. The minimum absolute atomic E-state index is 0.0793. The molecule has 7 nitrogen and oxygen atoms in total. The third-order valence-electron chi connectivity index (χ3n) is 5.54. The standard InChI is InChI=1S/C23H30N2O5S2/c1-5-20(17-6-8-21(29-3)16(2)14-17)24-32(27,28)18-7-9-22(31-4)19(15-18)23(26)25-10-12-30-13-11-25/h6-9,14-15,20,24H,5,10-13H2,1-4H3/t20-/m1/s1. The van der Waals surface area contributed by atoms with Gasteiger partial charge in [0.2, 0.25) is 10.0 Å². The summed E-state index contributed by atoms with van der Waals surface area (Å²) >= 11 is 1.42. The molecule has 1 aliphatic rings. The molecule has 1 fully saturated rings.